The van der Waals surface area contributed by atoms with Crippen molar-refractivity contribution in [1.29, 1.82) is 0 Å². The zero-order chi connectivity index (χ0) is 25.7. The number of benzene rings is 4. The fraction of sp³-hybridized carbons (Fsp3) is 0. The minimum Gasteiger partial charge on any atom is -0.507 e. The molecule has 0 aliphatic heterocycles. The summed E-state index contributed by atoms with van der Waals surface area (Å²) in [6.07, 6.45) is 0. The molecule has 0 unspecified atom stereocenters. The van der Waals surface area contributed by atoms with E-state index in [1.54, 1.807) is 36.4 Å². The van der Waals surface area contributed by atoms with E-state index < -0.39 is 17.3 Å². The average molecular weight is 480 g/mol. The number of carbonyl (C=O) groups excluding carboxylic acids is 4. The average Bonchev–Trinajstić information content (AvgIpc) is 2.87. The van der Waals surface area contributed by atoms with Crippen LogP contribution in [-0.4, -0.2) is 43.6 Å². The van der Waals surface area contributed by atoms with Crippen molar-refractivity contribution in [3.63, 3.8) is 0 Å². The number of fused-ring (bicyclic) bond motifs is 4. The molecule has 4 aromatic carbocycles. The molecule has 36 heavy (non-hydrogen) atoms. The van der Waals surface area contributed by atoms with Gasteiger partial charge in [0.05, 0.1) is 22.3 Å². The number of phenolic OH excluding ortho intramolecular Hbond substituents is 4. The first-order valence-electron chi connectivity index (χ1n) is 10.7. The number of hydrogen-bond acceptors (Lipinski definition) is 8. The lowest BCUT2D eigenvalue weighted by molar-refractivity contribution is 0.0971. The van der Waals surface area contributed by atoms with E-state index in [1.165, 1.54) is 24.3 Å². The Kier molecular flexibility index (Phi) is 5.14. The van der Waals surface area contributed by atoms with Crippen LogP contribution in [0.2, 0.25) is 0 Å². The largest absolute Gasteiger partial charge is 0.507 e. The predicted molar refractivity (Wildman–Crippen MR) is 126 cm³/mol. The third kappa shape index (κ3) is 3.24. The second kappa shape index (κ2) is 8.21. The van der Waals surface area contributed by atoms with Gasteiger partial charge in [-0.2, -0.15) is 0 Å². The van der Waals surface area contributed by atoms with Crippen molar-refractivity contribution in [3.05, 3.63) is 117 Å². The van der Waals surface area contributed by atoms with Gasteiger partial charge >= 0.3 is 0 Å². The van der Waals surface area contributed by atoms with Crippen LogP contribution in [0.5, 0.6) is 23.0 Å². The molecule has 2 aliphatic carbocycles. The molecule has 2 aliphatic rings. The fourth-order valence-electron chi connectivity index (χ4n) is 4.39. The first-order valence-corrected chi connectivity index (χ1v) is 10.7. The first-order chi connectivity index (χ1) is 17.2. The molecular weight excluding hydrogens is 464 g/mol. The summed E-state index contributed by atoms with van der Waals surface area (Å²) in [5.74, 6) is -3.05. The van der Waals surface area contributed by atoms with Crippen LogP contribution in [0, 0.1) is 0 Å². The lowest BCUT2D eigenvalue weighted by atomic mass is 9.82. The molecule has 0 aromatic heterocycles. The van der Waals surface area contributed by atoms with Crippen LogP contribution < -0.4 is 0 Å². The summed E-state index contributed by atoms with van der Waals surface area (Å²) < 4.78 is 0. The molecule has 0 radical (unpaired) electrons. The summed E-state index contributed by atoms with van der Waals surface area (Å²) in [5.41, 5.74) is 0.480. The molecule has 4 N–H and O–H groups in total. The molecule has 0 saturated heterocycles. The molecule has 0 heterocycles. The Balaban J connectivity index is 0.000000149. The van der Waals surface area contributed by atoms with Gasteiger partial charge in [0.1, 0.15) is 23.0 Å². The number of ketones is 4. The van der Waals surface area contributed by atoms with E-state index in [-0.39, 0.29) is 62.2 Å². The van der Waals surface area contributed by atoms with Crippen LogP contribution in [-0.2, 0) is 0 Å². The van der Waals surface area contributed by atoms with Gasteiger partial charge in [0.2, 0.25) is 5.78 Å². The van der Waals surface area contributed by atoms with Crippen LogP contribution in [0.3, 0.4) is 0 Å². The summed E-state index contributed by atoms with van der Waals surface area (Å²) in [4.78, 5) is 48.8. The number of carbonyl (C=O) groups is 4. The monoisotopic (exact) mass is 480 g/mol. The standard InChI is InChI=1S/C14H8O5.C14H8O3/c15-7-3-1-2-6-10(7)14(19)12-9(17)5-4-8(16)11(12)13(6)18;15-11-7-3-6-10-12(11)14(17)9-5-2-1-4-8(9)13(10)16/h1-5,15-17H;1-7,15H. The Labute approximate surface area is 203 Å². The van der Waals surface area contributed by atoms with Crippen LogP contribution in [0.25, 0.3) is 0 Å². The van der Waals surface area contributed by atoms with Crippen molar-refractivity contribution in [2.24, 2.45) is 0 Å². The highest BCUT2D eigenvalue weighted by molar-refractivity contribution is 6.31. The minimum atomic E-state index is -0.684. The Bertz CT molecular complexity index is 1650. The van der Waals surface area contributed by atoms with Crippen molar-refractivity contribution in [1.82, 2.24) is 0 Å². The van der Waals surface area contributed by atoms with Gasteiger partial charge in [0, 0.05) is 22.3 Å². The summed E-state index contributed by atoms with van der Waals surface area (Å²) in [5, 5.41) is 38.8. The molecule has 0 atom stereocenters. The van der Waals surface area contributed by atoms with Crippen molar-refractivity contribution in [2.45, 2.75) is 0 Å². The molecule has 4 aromatic rings. The van der Waals surface area contributed by atoms with E-state index in [0.717, 1.165) is 12.1 Å². The molecule has 8 nitrogen and oxygen atoms in total. The highest BCUT2D eigenvalue weighted by Crippen LogP contribution is 2.40. The third-order valence-electron chi connectivity index (χ3n) is 6.06. The molecule has 6 rings (SSSR count). The topological polar surface area (TPSA) is 149 Å². The Morgan fingerprint density at radius 2 is 0.694 bits per heavy atom. The molecular formula is C28H16O8. The maximum absolute atomic E-state index is 12.3. The maximum Gasteiger partial charge on any atom is 0.202 e. The van der Waals surface area contributed by atoms with Crippen LogP contribution in [0.15, 0.2) is 72.8 Å². The van der Waals surface area contributed by atoms with Crippen LogP contribution in [0.1, 0.15) is 63.7 Å². The van der Waals surface area contributed by atoms with Gasteiger partial charge in [0.25, 0.3) is 0 Å². The van der Waals surface area contributed by atoms with E-state index in [0.29, 0.717) is 11.1 Å². The molecule has 0 bridgehead atoms. The molecule has 0 saturated carbocycles. The minimum absolute atomic E-state index is 0.0124. The van der Waals surface area contributed by atoms with E-state index in [4.69, 9.17) is 0 Å². The van der Waals surface area contributed by atoms with Crippen LogP contribution in [0.4, 0.5) is 0 Å². The predicted octanol–water partition coefficient (Wildman–Crippen LogP) is 3.75. The number of hydrogen-bond donors (Lipinski definition) is 4. The van der Waals surface area contributed by atoms with E-state index >= 15 is 0 Å². The number of aromatic hydroxyl groups is 4. The molecule has 0 spiro atoms. The van der Waals surface area contributed by atoms with Gasteiger partial charge in [-0.1, -0.05) is 48.5 Å². The second-order valence-electron chi connectivity index (χ2n) is 8.12. The lowest BCUT2D eigenvalue weighted by Gasteiger charge is -2.19. The van der Waals surface area contributed by atoms with Crippen molar-refractivity contribution in [3.8, 4) is 23.0 Å². The van der Waals surface area contributed by atoms with E-state index in [2.05, 4.69) is 0 Å². The lowest BCUT2D eigenvalue weighted by Crippen LogP contribution is -2.21. The highest BCUT2D eigenvalue weighted by atomic mass is 16.3. The zero-order valence-electron chi connectivity index (χ0n) is 18.4. The van der Waals surface area contributed by atoms with Gasteiger partial charge < -0.3 is 20.4 Å². The number of rotatable bonds is 0. The Hall–Kier alpha value is -5.24. The Morgan fingerprint density at radius 1 is 0.333 bits per heavy atom. The summed E-state index contributed by atoms with van der Waals surface area (Å²) in [7, 11) is 0. The first kappa shape index (κ1) is 22.5. The summed E-state index contributed by atoms with van der Waals surface area (Å²) in [6, 6.07) is 17.6. The molecule has 176 valence electrons. The molecule has 8 heteroatoms. The smallest absolute Gasteiger partial charge is 0.202 e. The van der Waals surface area contributed by atoms with Gasteiger partial charge in [0.15, 0.2) is 17.3 Å². The van der Waals surface area contributed by atoms with E-state index in [9.17, 15) is 39.6 Å². The summed E-state index contributed by atoms with van der Waals surface area (Å²) >= 11 is 0. The Morgan fingerprint density at radius 3 is 1.25 bits per heavy atom. The fourth-order valence-corrected chi connectivity index (χ4v) is 4.39. The van der Waals surface area contributed by atoms with E-state index in [1.807, 2.05) is 0 Å². The van der Waals surface area contributed by atoms with Crippen molar-refractivity contribution in [2.75, 3.05) is 0 Å². The third-order valence-corrected chi connectivity index (χ3v) is 6.06. The normalized spacial score (nSPS) is 13.1. The van der Waals surface area contributed by atoms with Crippen molar-refractivity contribution < 1.29 is 39.6 Å². The SMILES string of the molecule is O=C1c2cccc(O)c2C(=O)c2c(O)ccc(O)c21.O=C1c2ccccc2C(=O)c2c(O)cccc21. The maximum atomic E-state index is 12.3. The van der Waals surface area contributed by atoms with Crippen molar-refractivity contribution >= 4 is 23.1 Å². The molecule has 0 amide bonds. The molecule has 0 fully saturated rings. The number of phenols is 4. The zero-order valence-corrected chi connectivity index (χ0v) is 18.4. The highest BCUT2D eigenvalue weighted by Gasteiger charge is 2.36. The van der Waals surface area contributed by atoms with Crippen LogP contribution >= 0.6 is 0 Å². The van der Waals surface area contributed by atoms with Gasteiger partial charge in [-0.05, 0) is 24.3 Å². The quantitative estimate of drug-likeness (QED) is 0.240. The van der Waals surface area contributed by atoms with Gasteiger partial charge in [-0.25, -0.2) is 0 Å². The summed E-state index contributed by atoms with van der Waals surface area (Å²) in [6.45, 7) is 0. The second-order valence-corrected chi connectivity index (χ2v) is 8.12. The van der Waals surface area contributed by atoms with Gasteiger partial charge in [-0.15, -0.1) is 0 Å². The van der Waals surface area contributed by atoms with Gasteiger partial charge in [-0.3, -0.25) is 19.2 Å².